The van der Waals surface area contributed by atoms with Crippen molar-refractivity contribution in [3.05, 3.63) is 29.3 Å². The normalized spacial score (nSPS) is 16.8. The number of nitrogens with one attached hydrogen (secondary N) is 2. The molecular formula is C17H22N4O4S2. The lowest BCUT2D eigenvalue weighted by Crippen LogP contribution is -2.31. The van der Waals surface area contributed by atoms with Crippen molar-refractivity contribution in [1.82, 2.24) is 14.9 Å². The van der Waals surface area contributed by atoms with Gasteiger partial charge in [0.2, 0.25) is 15.4 Å². The second kappa shape index (κ2) is 7.91. The van der Waals surface area contributed by atoms with Crippen LogP contribution >= 0.6 is 11.3 Å². The summed E-state index contributed by atoms with van der Waals surface area (Å²) in [6, 6.07) is 5.34. The first-order valence-corrected chi connectivity index (χ1v) is 10.9. The van der Waals surface area contributed by atoms with Crippen molar-refractivity contribution >= 4 is 32.4 Å². The molecule has 0 aliphatic heterocycles. The maximum Gasteiger partial charge on any atom is 0.270 e. The third-order valence-electron chi connectivity index (χ3n) is 4.35. The molecule has 0 fully saturated rings. The van der Waals surface area contributed by atoms with E-state index in [-0.39, 0.29) is 27.3 Å². The standard InChI is InChI=1S/C17H22N4O4S2/c1-10(2)15(22)18-16-19-20-17(26-16)27(23,24)21-14-6-4-5-11-9-12(25-3)7-8-13(11)14/h7-10,14,21H,4-6H2,1-3H3,(H,18,19,22)/t14-/m1/s1. The van der Waals surface area contributed by atoms with Crippen LogP contribution in [0.5, 0.6) is 5.75 Å². The van der Waals surface area contributed by atoms with E-state index in [0.29, 0.717) is 6.42 Å². The van der Waals surface area contributed by atoms with Gasteiger partial charge in [-0.3, -0.25) is 4.79 Å². The molecule has 3 rings (SSSR count). The van der Waals surface area contributed by atoms with Crippen molar-refractivity contribution < 1.29 is 17.9 Å². The zero-order valence-electron chi connectivity index (χ0n) is 15.4. The summed E-state index contributed by atoms with van der Waals surface area (Å²) < 4.78 is 33.3. The molecule has 0 saturated carbocycles. The van der Waals surface area contributed by atoms with Crippen molar-refractivity contribution in [3.8, 4) is 5.75 Å². The monoisotopic (exact) mass is 410 g/mol. The quantitative estimate of drug-likeness (QED) is 0.708. The number of carbonyl (C=O) groups excluding carboxylic acids is 1. The van der Waals surface area contributed by atoms with Crippen LogP contribution in [0.4, 0.5) is 5.13 Å². The molecule has 2 N–H and O–H groups in total. The Balaban J connectivity index is 1.78. The van der Waals surface area contributed by atoms with Gasteiger partial charge in [0, 0.05) is 12.0 Å². The number of anilines is 1. The number of carbonyl (C=O) groups is 1. The van der Waals surface area contributed by atoms with Crippen molar-refractivity contribution in [1.29, 1.82) is 0 Å². The second-order valence-electron chi connectivity index (χ2n) is 6.65. The Hall–Kier alpha value is -2.04. The average Bonchev–Trinajstić information content (AvgIpc) is 3.10. The Morgan fingerprint density at radius 3 is 2.81 bits per heavy atom. The van der Waals surface area contributed by atoms with Crippen LogP contribution in [0.1, 0.15) is 43.9 Å². The lowest BCUT2D eigenvalue weighted by molar-refractivity contribution is -0.118. The van der Waals surface area contributed by atoms with Crippen LogP contribution in [-0.4, -0.2) is 31.6 Å². The van der Waals surface area contributed by atoms with Gasteiger partial charge in [0.15, 0.2) is 0 Å². The third kappa shape index (κ3) is 4.45. The third-order valence-corrected chi connectivity index (χ3v) is 7.03. The number of sulfonamides is 1. The number of fused-ring (bicyclic) bond motifs is 1. The number of aromatic nitrogens is 2. The van der Waals surface area contributed by atoms with E-state index in [9.17, 15) is 13.2 Å². The molecule has 0 saturated heterocycles. The number of benzene rings is 1. The Bertz CT molecular complexity index is 940. The lowest BCUT2D eigenvalue weighted by atomic mass is 9.88. The molecule has 10 heteroatoms. The van der Waals surface area contributed by atoms with Gasteiger partial charge in [-0.15, -0.1) is 10.2 Å². The summed E-state index contributed by atoms with van der Waals surface area (Å²) in [5, 5.41) is 10.2. The number of ether oxygens (including phenoxy) is 1. The molecule has 2 aromatic rings. The molecule has 0 spiro atoms. The Labute approximate surface area is 162 Å². The molecule has 1 aromatic carbocycles. The predicted molar refractivity (Wildman–Crippen MR) is 102 cm³/mol. The number of hydrogen-bond acceptors (Lipinski definition) is 7. The van der Waals surface area contributed by atoms with Gasteiger partial charge in [0.1, 0.15) is 5.75 Å². The minimum atomic E-state index is -3.84. The second-order valence-corrected chi connectivity index (χ2v) is 9.51. The van der Waals surface area contributed by atoms with Crippen LogP contribution in [0.2, 0.25) is 0 Å². The first-order valence-electron chi connectivity index (χ1n) is 8.63. The van der Waals surface area contributed by atoms with Crippen LogP contribution in [0, 0.1) is 5.92 Å². The Morgan fingerprint density at radius 2 is 2.11 bits per heavy atom. The summed E-state index contributed by atoms with van der Waals surface area (Å²) in [6.45, 7) is 3.48. The fraction of sp³-hybridized carbons (Fsp3) is 0.471. The summed E-state index contributed by atoms with van der Waals surface area (Å²) in [4.78, 5) is 11.7. The van der Waals surface area contributed by atoms with Crippen molar-refractivity contribution in [2.75, 3.05) is 12.4 Å². The summed E-state index contributed by atoms with van der Waals surface area (Å²) in [5.74, 6) is 0.285. The van der Waals surface area contributed by atoms with E-state index in [1.807, 2.05) is 18.2 Å². The van der Waals surface area contributed by atoms with Crippen LogP contribution in [0.15, 0.2) is 22.5 Å². The largest absolute Gasteiger partial charge is 0.497 e. The van der Waals surface area contributed by atoms with Crippen molar-refractivity contribution in [2.24, 2.45) is 5.92 Å². The highest BCUT2D eigenvalue weighted by Crippen LogP contribution is 2.33. The minimum Gasteiger partial charge on any atom is -0.497 e. The van der Waals surface area contributed by atoms with Crippen LogP contribution in [0.3, 0.4) is 0 Å². The summed E-state index contributed by atoms with van der Waals surface area (Å²) in [7, 11) is -2.23. The molecule has 0 unspecified atom stereocenters. The van der Waals surface area contributed by atoms with Crippen LogP contribution < -0.4 is 14.8 Å². The predicted octanol–water partition coefficient (Wildman–Crippen LogP) is 2.50. The fourth-order valence-electron chi connectivity index (χ4n) is 2.90. The molecule has 1 aliphatic rings. The zero-order valence-corrected chi connectivity index (χ0v) is 17.0. The van der Waals surface area contributed by atoms with Gasteiger partial charge in [-0.2, -0.15) is 0 Å². The first kappa shape index (κ1) is 19.7. The molecule has 146 valence electrons. The van der Waals surface area contributed by atoms with Gasteiger partial charge < -0.3 is 10.1 Å². The number of hydrogen-bond donors (Lipinski definition) is 2. The first-order chi connectivity index (χ1) is 12.8. The van der Waals surface area contributed by atoms with Gasteiger partial charge in [-0.1, -0.05) is 31.3 Å². The van der Waals surface area contributed by atoms with Crippen molar-refractivity contribution in [2.45, 2.75) is 43.5 Å². The van der Waals surface area contributed by atoms with Crippen LogP contribution in [0.25, 0.3) is 0 Å². The summed E-state index contributed by atoms with van der Waals surface area (Å²) in [5.41, 5.74) is 2.03. The molecule has 8 nitrogen and oxygen atoms in total. The van der Waals surface area contributed by atoms with Crippen LogP contribution in [-0.2, 0) is 21.2 Å². The lowest BCUT2D eigenvalue weighted by Gasteiger charge is -2.26. The average molecular weight is 411 g/mol. The number of amides is 1. The smallest absolute Gasteiger partial charge is 0.270 e. The molecule has 0 radical (unpaired) electrons. The zero-order chi connectivity index (χ0) is 19.6. The van der Waals surface area contributed by atoms with Gasteiger partial charge in [0.25, 0.3) is 10.0 Å². The molecule has 27 heavy (non-hydrogen) atoms. The van der Waals surface area contributed by atoms with E-state index in [4.69, 9.17) is 4.74 Å². The van der Waals surface area contributed by atoms with Gasteiger partial charge in [-0.05, 0) is 42.5 Å². The summed E-state index contributed by atoms with van der Waals surface area (Å²) >= 11 is 0.837. The number of nitrogens with zero attached hydrogens (tertiary/aromatic N) is 2. The summed E-state index contributed by atoms with van der Waals surface area (Å²) in [6.07, 6.45) is 2.46. The van der Waals surface area contributed by atoms with Gasteiger partial charge in [-0.25, -0.2) is 13.1 Å². The topological polar surface area (TPSA) is 110 Å². The molecule has 1 aromatic heterocycles. The SMILES string of the molecule is COc1ccc2c(c1)CCC[C@H]2NS(=O)(=O)c1nnc(NC(=O)C(C)C)s1. The van der Waals surface area contributed by atoms with E-state index in [1.54, 1.807) is 21.0 Å². The van der Waals surface area contributed by atoms with E-state index in [0.717, 1.165) is 41.1 Å². The van der Waals surface area contributed by atoms with Crippen molar-refractivity contribution in [3.63, 3.8) is 0 Å². The number of rotatable bonds is 6. The van der Waals surface area contributed by atoms with E-state index < -0.39 is 10.0 Å². The molecule has 1 aliphatic carbocycles. The maximum atomic E-state index is 12.7. The van der Waals surface area contributed by atoms with Gasteiger partial charge in [0.05, 0.1) is 7.11 Å². The number of aryl methyl sites for hydroxylation is 1. The molecule has 1 amide bonds. The number of methoxy groups -OCH3 is 1. The Kier molecular flexibility index (Phi) is 5.78. The highest BCUT2D eigenvalue weighted by Gasteiger charge is 2.28. The highest BCUT2D eigenvalue weighted by atomic mass is 32.2. The maximum absolute atomic E-state index is 12.7. The minimum absolute atomic E-state index is 0.165. The van der Waals surface area contributed by atoms with E-state index >= 15 is 0 Å². The van der Waals surface area contributed by atoms with Gasteiger partial charge >= 0.3 is 0 Å². The molecule has 0 bridgehead atoms. The van der Waals surface area contributed by atoms with E-state index in [1.165, 1.54) is 0 Å². The highest BCUT2D eigenvalue weighted by molar-refractivity contribution is 7.91. The molecule has 1 heterocycles. The fourth-order valence-corrected chi connectivity index (χ4v) is 5.07. The molecular weight excluding hydrogens is 388 g/mol. The Morgan fingerprint density at radius 1 is 1.33 bits per heavy atom. The van der Waals surface area contributed by atoms with E-state index in [2.05, 4.69) is 20.2 Å². The molecule has 1 atom stereocenters.